The number of aromatic nitrogens is 2. The maximum Gasteiger partial charge on any atom is 0.323 e. The molecule has 0 fully saturated rings. The second-order valence-corrected chi connectivity index (χ2v) is 4.93. The van der Waals surface area contributed by atoms with E-state index in [1.165, 1.54) is 5.56 Å². The summed E-state index contributed by atoms with van der Waals surface area (Å²) in [5.74, 6) is 0.663. The average Bonchev–Trinajstić information content (AvgIpc) is 2.80. The van der Waals surface area contributed by atoms with Gasteiger partial charge in [0, 0.05) is 11.4 Å². The van der Waals surface area contributed by atoms with Gasteiger partial charge in [-0.15, -0.1) is 0 Å². The lowest BCUT2D eigenvalue weighted by Gasteiger charge is -2.12. The van der Waals surface area contributed by atoms with Crippen LogP contribution in [0.5, 0.6) is 0 Å². The highest BCUT2D eigenvalue weighted by Gasteiger charge is 2.01. The fraction of sp³-hybridized carbons (Fsp3) is 0.0625. The molecule has 0 aliphatic carbocycles. The molecule has 5 nitrogen and oxygen atoms in total. The largest absolute Gasteiger partial charge is 0.342 e. The van der Waals surface area contributed by atoms with Gasteiger partial charge in [-0.2, -0.15) is 0 Å². The summed E-state index contributed by atoms with van der Waals surface area (Å²) in [6.07, 6.45) is 0. The molecule has 0 bridgehead atoms. The van der Waals surface area contributed by atoms with Crippen molar-refractivity contribution in [3.05, 3.63) is 70.9 Å². The number of aryl methyl sites for hydroxylation is 1. The van der Waals surface area contributed by atoms with Crippen molar-refractivity contribution < 1.29 is 0 Å². The number of imidazole rings is 1. The van der Waals surface area contributed by atoms with Gasteiger partial charge in [-0.1, -0.05) is 24.3 Å². The Labute approximate surface area is 121 Å². The molecule has 0 saturated heterocycles. The zero-order chi connectivity index (χ0) is 14.8. The van der Waals surface area contributed by atoms with Crippen molar-refractivity contribution in [2.75, 3.05) is 10.6 Å². The number of nitrogens with one attached hydrogen (secondary N) is 4. The summed E-state index contributed by atoms with van der Waals surface area (Å²) < 4.78 is 0. The second kappa shape index (κ2) is 5.20. The zero-order valence-corrected chi connectivity index (χ0v) is 11.7. The number of hydrogen-bond acceptors (Lipinski definition) is 3. The topological polar surface area (TPSA) is 72.7 Å². The summed E-state index contributed by atoms with van der Waals surface area (Å²) in [5.41, 5.74) is 4.35. The standard InChI is InChI=1S/C16H16N4O/c1-10-3-5-12(6-4-10)17-11(2)18-13-7-8-14-15(9-13)20-16(21)19-14/h3-9,17-18H,2H2,1H3,(H2,19,20,21). The molecule has 0 amide bonds. The van der Waals surface area contributed by atoms with Gasteiger partial charge in [-0.25, -0.2) is 4.79 Å². The Morgan fingerprint density at radius 2 is 1.57 bits per heavy atom. The van der Waals surface area contributed by atoms with Crippen molar-refractivity contribution >= 4 is 22.4 Å². The van der Waals surface area contributed by atoms with Crippen LogP contribution in [0.15, 0.2) is 59.7 Å². The highest BCUT2D eigenvalue weighted by atomic mass is 16.1. The van der Waals surface area contributed by atoms with E-state index < -0.39 is 0 Å². The Balaban J connectivity index is 1.73. The van der Waals surface area contributed by atoms with Gasteiger partial charge < -0.3 is 20.6 Å². The summed E-state index contributed by atoms with van der Waals surface area (Å²) >= 11 is 0. The lowest BCUT2D eigenvalue weighted by molar-refractivity contribution is 1.21. The van der Waals surface area contributed by atoms with E-state index in [2.05, 4.69) is 27.2 Å². The van der Waals surface area contributed by atoms with E-state index in [4.69, 9.17) is 0 Å². The molecule has 0 aliphatic rings. The quantitative estimate of drug-likeness (QED) is 0.593. The van der Waals surface area contributed by atoms with Crippen LogP contribution in [0.3, 0.4) is 0 Å². The number of benzene rings is 2. The number of fused-ring (bicyclic) bond motifs is 1. The molecule has 0 radical (unpaired) electrons. The first-order chi connectivity index (χ1) is 10.1. The first kappa shape index (κ1) is 13.1. The third-order valence-electron chi connectivity index (χ3n) is 3.16. The Bertz CT molecular complexity index is 843. The monoisotopic (exact) mass is 280 g/mol. The summed E-state index contributed by atoms with van der Waals surface area (Å²) in [6, 6.07) is 13.6. The average molecular weight is 280 g/mol. The van der Waals surface area contributed by atoms with E-state index >= 15 is 0 Å². The van der Waals surface area contributed by atoms with Crippen LogP contribution in [0.2, 0.25) is 0 Å². The maximum absolute atomic E-state index is 11.2. The first-order valence-electron chi connectivity index (χ1n) is 6.62. The summed E-state index contributed by atoms with van der Waals surface area (Å²) in [4.78, 5) is 16.7. The van der Waals surface area contributed by atoms with Crippen LogP contribution in [0.25, 0.3) is 11.0 Å². The van der Waals surface area contributed by atoms with Gasteiger partial charge in [-0.05, 0) is 37.3 Å². The molecule has 0 atom stereocenters. The lowest BCUT2D eigenvalue weighted by atomic mass is 10.2. The zero-order valence-electron chi connectivity index (χ0n) is 11.7. The van der Waals surface area contributed by atoms with Crippen LogP contribution in [0.1, 0.15) is 5.56 Å². The minimum atomic E-state index is -0.209. The van der Waals surface area contributed by atoms with Crippen LogP contribution in [0, 0.1) is 6.92 Å². The molecule has 4 N–H and O–H groups in total. The smallest absolute Gasteiger partial charge is 0.323 e. The predicted octanol–water partition coefficient (Wildman–Crippen LogP) is 3.16. The van der Waals surface area contributed by atoms with Gasteiger partial charge in [0.1, 0.15) is 5.82 Å². The van der Waals surface area contributed by atoms with Crippen molar-refractivity contribution in [3.63, 3.8) is 0 Å². The van der Waals surface area contributed by atoms with E-state index in [1.54, 1.807) is 0 Å². The Kier molecular flexibility index (Phi) is 3.23. The molecule has 0 unspecified atom stereocenters. The number of aromatic amines is 2. The fourth-order valence-electron chi connectivity index (χ4n) is 2.13. The Morgan fingerprint density at radius 1 is 0.952 bits per heavy atom. The summed E-state index contributed by atoms with van der Waals surface area (Å²) in [6.45, 7) is 6.00. The van der Waals surface area contributed by atoms with E-state index in [-0.39, 0.29) is 5.69 Å². The minimum Gasteiger partial charge on any atom is -0.342 e. The molecule has 0 spiro atoms. The van der Waals surface area contributed by atoms with Crippen LogP contribution in [0.4, 0.5) is 11.4 Å². The van der Waals surface area contributed by atoms with E-state index in [0.717, 1.165) is 22.4 Å². The van der Waals surface area contributed by atoms with Crippen LogP contribution in [-0.2, 0) is 0 Å². The molecule has 0 saturated carbocycles. The van der Waals surface area contributed by atoms with Gasteiger partial charge in [0.05, 0.1) is 11.0 Å². The maximum atomic E-state index is 11.2. The SMILES string of the molecule is C=C(Nc1ccc(C)cc1)Nc1ccc2[nH]c(=O)[nH]c2c1. The molecule has 3 rings (SSSR count). The van der Waals surface area contributed by atoms with Gasteiger partial charge in [0.15, 0.2) is 0 Å². The molecule has 1 heterocycles. The normalized spacial score (nSPS) is 10.5. The summed E-state index contributed by atoms with van der Waals surface area (Å²) in [5, 5.41) is 6.35. The molecule has 1 aromatic heterocycles. The van der Waals surface area contributed by atoms with Crippen LogP contribution < -0.4 is 16.3 Å². The van der Waals surface area contributed by atoms with Gasteiger partial charge in [0.25, 0.3) is 0 Å². The van der Waals surface area contributed by atoms with Crippen LogP contribution >= 0.6 is 0 Å². The van der Waals surface area contributed by atoms with E-state index in [9.17, 15) is 4.79 Å². The van der Waals surface area contributed by atoms with Crippen molar-refractivity contribution in [2.45, 2.75) is 6.92 Å². The van der Waals surface area contributed by atoms with E-state index in [0.29, 0.717) is 5.82 Å². The predicted molar refractivity (Wildman–Crippen MR) is 86.5 cm³/mol. The third-order valence-corrected chi connectivity index (χ3v) is 3.16. The second-order valence-electron chi connectivity index (χ2n) is 4.93. The first-order valence-corrected chi connectivity index (χ1v) is 6.62. The van der Waals surface area contributed by atoms with Gasteiger partial charge in [0.2, 0.25) is 0 Å². The molecular weight excluding hydrogens is 264 g/mol. The highest BCUT2D eigenvalue weighted by molar-refractivity contribution is 5.79. The molecule has 0 aliphatic heterocycles. The molecular formula is C16H16N4O. The highest BCUT2D eigenvalue weighted by Crippen LogP contribution is 2.17. The van der Waals surface area contributed by atoms with Crippen molar-refractivity contribution in [2.24, 2.45) is 0 Å². The third kappa shape index (κ3) is 2.97. The van der Waals surface area contributed by atoms with Gasteiger partial charge in [-0.3, -0.25) is 0 Å². The fourth-order valence-corrected chi connectivity index (χ4v) is 2.13. The number of hydrogen-bond donors (Lipinski definition) is 4. The van der Waals surface area contributed by atoms with Gasteiger partial charge >= 0.3 is 5.69 Å². The Hall–Kier alpha value is -2.95. The summed E-state index contributed by atoms with van der Waals surface area (Å²) in [7, 11) is 0. The lowest BCUT2D eigenvalue weighted by Crippen LogP contribution is -2.07. The van der Waals surface area contributed by atoms with Crippen molar-refractivity contribution in [1.29, 1.82) is 0 Å². The van der Waals surface area contributed by atoms with Crippen molar-refractivity contribution in [3.8, 4) is 0 Å². The minimum absolute atomic E-state index is 0.209. The van der Waals surface area contributed by atoms with Crippen LogP contribution in [-0.4, -0.2) is 9.97 Å². The number of rotatable bonds is 4. The molecule has 21 heavy (non-hydrogen) atoms. The molecule has 2 aromatic carbocycles. The molecule has 3 aromatic rings. The van der Waals surface area contributed by atoms with E-state index in [1.807, 2.05) is 49.4 Å². The Morgan fingerprint density at radius 3 is 2.33 bits per heavy atom. The number of H-pyrrole nitrogens is 2. The number of anilines is 2. The molecule has 5 heteroatoms. The van der Waals surface area contributed by atoms with Crippen molar-refractivity contribution in [1.82, 2.24) is 9.97 Å². The molecule has 106 valence electrons.